The van der Waals surface area contributed by atoms with Crippen LogP contribution in [0.15, 0.2) is 28.2 Å². The molecule has 0 aromatic heterocycles. The van der Waals surface area contributed by atoms with Crippen molar-refractivity contribution in [3.8, 4) is 6.07 Å². The zero-order valence-electron chi connectivity index (χ0n) is 12.3. The first-order chi connectivity index (χ1) is 9.78. The molecule has 0 aliphatic carbocycles. The van der Waals surface area contributed by atoms with Crippen LogP contribution in [0, 0.1) is 11.3 Å². The number of nitrogens with zero attached hydrogens (tertiary/aromatic N) is 2. The van der Waals surface area contributed by atoms with Gasteiger partial charge < -0.3 is 9.64 Å². The van der Waals surface area contributed by atoms with Crippen LogP contribution in [0.4, 0.5) is 4.79 Å². The maximum atomic E-state index is 11.8. The van der Waals surface area contributed by atoms with Gasteiger partial charge in [-0.15, -0.1) is 0 Å². The maximum absolute atomic E-state index is 11.8. The molecular formula is C16H17BrN2O2. The predicted molar refractivity (Wildman–Crippen MR) is 84.6 cm³/mol. The van der Waals surface area contributed by atoms with Gasteiger partial charge in [-0.3, -0.25) is 0 Å². The standard InChI is InChI=1S/C16H17BrN2O2/c1-16(2,3)21-15(20)19-9-12(10-19)6-11-4-5-14(17)13(7-11)8-18/h4-7H,9-10H2,1-3H3. The summed E-state index contributed by atoms with van der Waals surface area (Å²) in [5.41, 5.74) is 2.25. The Kier molecular flexibility index (Phi) is 4.38. The van der Waals surface area contributed by atoms with E-state index in [2.05, 4.69) is 22.0 Å². The first-order valence-electron chi connectivity index (χ1n) is 6.65. The van der Waals surface area contributed by atoms with Gasteiger partial charge in [-0.05, 0) is 60.0 Å². The van der Waals surface area contributed by atoms with Crippen molar-refractivity contribution >= 4 is 28.1 Å². The van der Waals surface area contributed by atoms with Crippen LogP contribution < -0.4 is 0 Å². The van der Waals surface area contributed by atoms with Crippen molar-refractivity contribution in [1.82, 2.24) is 4.90 Å². The normalized spacial score (nSPS) is 14.2. The first-order valence-corrected chi connectivity index (χ1v) is 7.45. The van der Waals surface area contributed by atoms with Crippen LogP contribution in [0.3, 0.4) is 0 Å². The van der Waals surface area contributed by atoms with Gasteiger partial charge in [-0.25, -0.2) is 4.79 Å². The minimum Gasteiger partial charge on any atom is -0.444 e. The Morgan fingerprint density at radius 3 is 2.67 bits per heavy atom. The van der Waals surface area contributed by atoms with Gasteiger partial charge in [0.1, 0.15) is 11.7 Å². The highest BCUT2D eigenvalue weighted by molar-refractivity contribution is 9.10. The van der Waals surface area contributed by atoms with Crippen LogP contribution >= 0.6 is 15.9 Å². The van der Waals surface area contributed by atoms with Gasteiger partial charge in [0.2, 0.25) is 0 Å². The lowest BCUT2D eigenvalue weighted by Crippen LogP contribution is -2.46. The van der Waals surface area contributed by atoms with Crippen molar-refractivity contribution in [3.05, 3.63) is 39.4 Å². The third kappa shape index (κ3) is 4.08. The van der Waals surface area contributed by atoms with Crippen molar-refractivity contribution in [1.29, 1.82) is 5.26 Å². The third-order valence-electron chi connectivity index (χ3n) is 2.92. The molecule has 21 heavy (non-hydrogen) atoms. The number of carbonyl (C=O) groups excluding carboxylic acids is 1. The van der Waals surface area contributed by atoms with E-state index in [1.807, 2.05) is 45.0 Å². The molecule has 2 rings (SSSR count). The molecule has 1 aromatic carbocycles. The minimum absolute atomic E-state index is 0.284. The van der Waals surface area contributed by atoms with Gasteiger partial charge in [-0.2, -0.15) is 5.26 Å². The number of carbonyl (C=O) groups is 1. The number of benzene rings is 1. The largest absolute Gasteiger partial charge is 0.444 e. The fourth-order valence-electron chi connectivity index (χ4n) is 1.94. The van der Waals surface area contributed by atoms with Crippen molar-refractivity contribution in [3.63, 3.8) is 0 Å². The molecule has 0 N–H and O–H groups in total. The molecule has 0 saturated carbocycles. The molecule has 0 radical (unpaired) electrons. The van der Waals surface area contributed by atoms with E-state index in [4.69, 9.17) is 10.00 Å². The van der Waals surface area contributed by atoms with E-state index in [0.29, 0.717) is 18.7 Å². The molecular weight excluding hydrogens is 332 g/mol. The monoisotopic (exact) mass is 348 g/mol. The molecule has 110 valence electrons. The Labute approximate surface area is 133 Å². The smallest absolute Gasteiger partial charge is 0.410 e. The van der Waals surface area contributed by atoms with E-state index in [1.165, 1.54) is 0 Å². The number of rotatable bonds is 1. The Morgan fingerprint density at radius 1 is 1.43 bits per heavy atom. The lowest BCUT2D eigenvalue weighted by molar-refractivity contribution is 0.0216. The fourth-order valence-corrected chi connectivity index (χ4v) is 2.28. The van der Waals surface area contributed by atoms with E-state index in [-0.39, 0.29) is 6.09 Å². The highest BCUT2D eigenvalue weighted by Crippen LogP contribution is 2.23. The quantitative estimate of drug-likeness (QED) is 0.771. The van der Waals surface area contributed by atoms with Gasteiger partial charge in [0.05, 0.1) is 5.56 Å². The van der Waals surface area contributed by atoms with E-state index in [0.717, 1.165) is 15.6 Å². The molecule has 5 heteroatoms. The number of likely N-dealkylation sites (tertiary alicyclic amines) is 1. The first kappa shape index (κ1) is 15.6. The van der Waals surface area contributed by atoms with Gasteiger partial charge in [0.15, 0.2) is 0 Å². The summed E-state index contributed by atoms with van der Waals surface area (Å²) in [5, 5.41) is 9.00. The maximum Gasteiger partial charge on any atom is 0.410 e. The number of nitriles is 1. The Bertz CT molecular complexity index is 631. The van der Waals surface area contributed by atoms with Crippen LogP contribution in [-0.2, 0) is 4.74 Å². The number of ether oxygens (including phenoxy) is 1. The SMILES string of the molecule is CC(C)(C)OC(=O)N1CC(=Cc2ccc(Br)c(C#N)c2)C1. The van der Waals surface area contributed by atoms with Crippen molar-refractivity contribution in [2.45, 2.75) is 26.4 Å². The van der Waals surface area contributed by atoms with Crippen LogP contribution in [-0.4, -0.2) is 29.7 Å². The number of halogens is 1. The molecule has 1 heterocycles. The average molecular weight is 349 g/mol. The minimum atomic E-state index is -0.468. The topological polar surface area (TPSA) is 53.3 Å². The molecule has 4 nitrogen and oxygen atoms in total. The molecule has 1 aliphatic heterocycles. The van der Waals surface area contributed by atoms with E-state index >= 15 is 0 Å². The molecule has 1 fully saturated rings. The van der Waals surface area contributed by atoms with E-state index in [1.54, 1.807) is 4.90 Å². The van der Waals surface area contributed by atoms with Crippen LogP contribution in [0.1, 0.15) is 31.9 Å². The van der Waals surface area contributed by atoms with Gasteiger partial charge in [0.25, 0.3) is 0 Å². The third-order valence-corrected chi connectivity index (χ3v) is 3.61. The molecule has 0 spiro atoms. The summed E-state index contributed by atoms with van der Waals surface area (Å²) >= 11 is 3.33. The van der Waals surface area contributed by atoms with Crippen LogP contribution in [0.5, 0.6) is 0 Å². The van der Waals surface area contributed by atoms with Gasteiger partial charge in [0, 0.05) is 17.6 Å². The molecule has 1 aromatic rings. The molecule has 0 atom stereocenters. The van der Waals surface area contributed by atoms with Crippen LogP contribution in [0.25, 0.3) is 6.08 Å². The zero-order valence-corrected chi connectivity index (χ0v) is 13.9. The van der Waals surface area contributed by atoms with Gasteiger partial charge >= 0.3 is 6.09 Å². The summed E-state index contributed by atoms with van der Waals surface area (Å²) in [6.45, 7) is 6.71. The lowest BCUT2D eigenvalue weighted by atomic mass is 10.0. The Hall–Kier alpha value is -1.80. The molecule has 1 saturated heterocycles. The van der Waals surface area contributed by atoms with E-state index < -0.39 is 5.60 Å². The number of hydrogen-bond acceptors (Lipinski definition) is 3. The molecule has 0 unspecified atom stereocenters. The molecule has 1 aliphatic rings. The highest BCUT2D eigenvalue weighted by Gasteiger charge is 2.29. The van der Waals surface area contributed by atoms with Crippen molar-refractivity contribution in [2.24, 2.45) is 0 Å². The van der Waals surface area contributed by atoms with Crippen LogP contribution in [0.2, 0.25) is 0 Å². The number of amides is 1. The predicted octanol–water partition coefficient (Wildman–Crippen LogP) is 3.95. The van der Waals surface area contributed by atoms with Crippen molar-refractivity contribution in [2.75, 3.05) is 13.1 Å². The Morgan fingerprint density at radius 2 is 2.10 bits per heavy atom. The zero-order chi connectivity index (χ0) is 15.6. The molecule has 0 bridgehead atoms. The summed E-state index contributed by atoms with van der Waals surface area (Å²) in [7, 11) is 0. The lowest BCUT2D eigenvalue weighted by Gasteiger charge is -2.35. The average Bonchev–Trinajstić information content (AvgIpc) is 2.32. The number of hydrogen-bond donors (Lipinski definition) is 0. The Balaban J connectivity index is 1.98. The summed E-state index contributed by atoms with van der Waals surface area (Å²) in [4.78, 5) is 13.5. The summed E-state index contributed by atoms with van der Waals surface area (Å²) in [5.74, 6) is 0. The second kappa shape index (κ2) is 5.90. The summed E-state index contributed by atoms with van der Waals surface area (Å²) in [6, 6.07) is 7.76. The summed E-state index contributed by atoms with van der Waals surface area (Å²) < 4.78 is 6.09. The molecule has 1 amide bonds. The second-order valence-electron chi connectivity index (χ2n) is 5.99. The van der Waals surface area contributed by atoms with Crippen molar-refractivity contribution < 1.29 is 9.53 Å². The summed E-state index contributed by atoms with van der Waals surface area (Å²) in [6.07, 6.45) is 1.72. The fraction of sp³-hybridized carbons (Fsp3) is 0.375. The van der Waals surface area contributed by atoms with Gasteiger partial charge in [-0.1, -0.05) is 12.1 Å². The second-order valence-corrected chi connectivity index (χ2v) is 6.84. The highest BCUT2D eigenvalue weighted by atomic mass is 79.9. The van der Waals surface area contributed by atoms with E-state index in [9.17, 15) is 4.79 Å².